The molecule has 0 spiro atoms. The smallest absolute Gasteiger partial charge is 0.233 e. The minimum absolute atomic E-state index is 0.0752. The number of amides is 1. The van der Waals surface area contributed by atoms with E-state index >= 15 is 0 Å². The molecule has 0 aromatic carbocycles. The van der Waals surface area contributed by atoms with E-state index < -0.39 is 0 Å². The van der Waals surface area contributed by atoms with Crippen molar-refractivity contribution in [2.45, 2.75) is 25.7 Å². The lowest BCUT2D eigenvalue weighted by molar-refractivity contribution is -0.119. The number of hydrogen-bond acceptors (Lipinski definition) is 3. The van der Waals surface area contributed by atoms with Crippen LogP contribution in [-0.2, 0) is 4.79 Å². The molecule has 0 radical (unpaired) electrons. The third-order valence-electron chi connectivity index (χ3n) is 1.64. The predicted molar refractivity (Wildman–Crippen MR) is 49.6 cm³/mol. The summed E-state index contributed by atoms with van der Waals surface area (Å²) in [6.45, 7) is 1.58. The molecular weight excluding hydrogens is 154 g/mol. The standard InChI is InChI=1S/C8H19N3O/c9-5-3-1-2-4-6-11-8(12)7-10/h1-7,9-10H2,(H,11,12). The second-order valence-corrected chi connectivity index (χ2v) is 2.76. The van der Waals surface area contributed by atoms with Crippen molar-refractivity contribution in [2.75, 3.05) is 19.6 Å². The van der Waals surface area contributed by atoms with Crippen LogP contribution >= 0.6 is 0 Å². The van der Waals surface area contributed by atoms with Gasteiger partial charge >= 0.3 is 0 Å². The van der Waals surface area contributed by atoms with Crippen LogP contribution in [0.15, 0.2) is 0 Å². The van der Waals surface area contributed by atoms with Crippen molar-refractivity contribution in [3.8, 4) is 0 Å². The molecule has 5 N–H and O–H groups in total. The molecule has 0 aromatic rings. The molecule has 0 bridgehead atoms. The fourth-order valence-electron chi connectivity index (χ4n) is 0.923. The van der Waals surface area contributed by atoms with Crippen molar-refractivity contribution < 1.29 is 4.79 Å². The van der Waals surface area contributed by atoms with Crippen LogP contribution in [-0.4, -0.2) is 25.5 Å². The van der Waals surface area contributed by atoms with Crippen LogP contribution in [0, 0.1) is 0 Å². The second kappa shape index (κ2) is 8.49. The number of nitrogens with two attached hydrogens (primary N) is 2. The molecule has 0 aliphatic heterocycles. The molecule has 12 heavy (non-hydrogen) atoms. The summed E-state index contributed by atoms with van der Waals surface area (Å²) in [7, 11) is 0. The molecule has 0 saturated heterocycles. The largest absolute Gasteiger partial charge is 0.355 e. The Balaban J connectivity index is 2.95. The third kappa shape index (κ3) is 7.50. The summed E-state index contributed by atoms with van der Waals surface area (Å²) in [6, 6.07) is 0. The molecule has 4 heteroatoms. The van der Waals surface area contributed by atoms with Crippen LogP contribution in [0.4, 0.5) is 0 Å². The Morgan fingerprint density at radius 2 is 1.75 bits per heavy atom. The minimum Gasteiger partial charge on any atom is -0.355 e. The van der Waals surface area contributed by atoms with Crippen molar-refractivity contribution in [3.63, 3.8) is 0 Å². The van der Waals surface area contributed by atoms with Crippen molar-refractivity contribution >= 4 is 5.91 Å². The lowest BCUT2D eigenvalue weighted by Crippen LogP contribution is -2.30. The van der Waals surface area contributed by atoms with Crippen LogP contribution in [0.5, 0.6) is 0 Å². The van der Waals surface area contributed by atoms with Gasteiger partial charge in [-0.1, -0.05) is 12.8 Å². The van der Waals surface area contributed by atoms with Crippen LogP contribution < -0.4 is 16.8 Å². The van der Waals surface area contributed by atoms with Gasteiger partial charge in [-0.05, 0) is 19.4 Å². The topological polar surface area (TPSA) is 81.1 Å². The van der Waals surface area contributed by atoms with Gasteiger partial charge in [0, 0.05) is 6.54 Å². The number of nitrogens with one attached hydrogen (secondary N) is 1. The number of carbonyl (C=O) groups is 1. The monoisotopic (exact) mass is 173 g/mol. The van der Waals surface area contributed by atoms with E-state index in [4.69, 9.17) is 11.5 Å². The van der Waals surface area contributed by atoms with Crippen molar-refractivity contribution in [1.29, 1.82) is 0 Å². The highest BCUT2D eigenvalue weighted by atomic mass is 16.1. The molecule has 0 aromatic heterocycles. The Labute approximate surface area is 73.7 Å². The molecule has 0 unspecified atom stereocenters. The van der Waals surface area contributed by atoms with E-state index in [1.165, 1.54) is 0 Å². The number of unbranched alkanes of at least 4 members (excludes halogenated alkanes) is 3. The molecule has 0 heterocycles. The first-order chi connectivity index (χ1) is 5.81. The van der Waals surface area contributed by atoms with Crippen molar-refractivity contribution in [2.24, 2.45) is 11.5 Å². The van der Waals surface area contributed by atoms with Gasteiger partial charge in [0.1, 0.15) is 0 Å². The van der Waals surface area contributed by atoms with Gasteiger partial charge in [-0.25, -0.2) is 0 Å². The zero-order chi connectivity index (χ0) is 9.23. The minimum atomic E-state index is -0.0752. The van der Waals surface area contributed by atoms with Gasteiger partial charge in [0.25, 0.3) is 0 Å². The van der Waals surface area contributed by atoms with Crippen LogP contribution in [0.3, 0.4) is 0 Å². The first-order valence-corrected chi connectivity index (χ1v) is 4.48. The number of hydrogen-bond donors (Lipinski definition) is 3. The van der Waals surface area contributed by atoms with Gasteiger partial charge < -0.3 is 16.8 Å². The molecule has 0 aliphatic carbocycles. The van der Waals surface area contributed by atoms with E-state index in [1.807, 2.05) is 0 Å². The Hall–Kier alpha value is -0.610. The van der Waals surface area contributed by atoms with Crippen molar-refractivity contribution in [3.05, 3.63) is 0 Å². The lowest BCUT2D eigenvalue weighted by Gasteiger charge is -2.02. The highest BCUT2D eigenvalue weighted by Gasteiger charge is 1.94. The highest BCUT2D eigenvalue weighted by molar-refractivity contribution is 5.77. The maximum absolute atomic E-state index is 10.6. The van der Waals surface area contributed by atoms with Gasteiger partial charge in [-0.15, -0.1) is 0 Å². The van der Waals surface area contributed by atoms with Crippen LogP contribution in [0.2, 0.25) is 0 Å². The first-order valence-electron chi connectivity index (χ1n) is 4.48. The molecule has 0 saturated carbocycles. The van der Waals surface area contributed by atoms with E-state index in [0.29, 0.717) is 0 Å². The highest BCUT2D eigenvalue weighted by Crippen LogP contribution is 1.96. The van der Waals surface area contributed by atoms with Gasteiger partial charge in [-0.2, -0.15) is 0 Å². The fraction of sp³-hybridized carbons (Fsp3) is 0.875. The summed E-state index contributed by atoms with van der Waals surface area (Å²) in [5.74, 6) is -0.0752. The summed E-state index contributed by atoms with van der Waals surface area (Å²) in [5, 5.41) is 2.71. The van der Waals surface area contributed by atoms with E-state index in [2.05, 4.69) is 5.32 Å². The van der Waals surface area contributed by atoms with E-state index in [0.717, 1.165) is 38.8 Å². The Kier molecular flexibility index (Phi) is 8.05. The molecule has 0 atom stereocenters. The van der Waals surface area contributed by atoms with Gasteiger partial charge in [-0.3, -0.25) is 4.79 Å². The average Bonchev–Trinajstić information content (AvgIpc) is 2.10. The molecule has 0 aliphatic rings. The zero-order valence-electron chi connectivity index (χ0n) is 7.51. The molecule has 1 amide bonds. The summed E-state index contributed by atoms with van der Waals surface area (Å²) in [4.78, 5) is 10.6. The molecular formula is C8H19N3O. The summed E-state index contributed by atoms with van der Waals surface area (Å²) in [5.41, 5.74) is 10.4. The maximum atomic E-state index is 10.6. The third-order valence-corrected chi connectivity index (χ3v) is 1.64. The Bertz CT molecular complexity index is 117. The Morgan fingerprint density at radius 3 is 2.33 bits per heavy atom. The SMILES string of the molecule is NCCCCCCNC(=O)CN. The molecule has 0 fully saturated rings. The first kappa shape index (κ1) is 11.4. The van der Waals surface area contributed by atoms with Crippen molar-refractivity contribution in [1.82, 2.24) is 5.32 Å². The summed E-state index contributed by atoms with van der Waals surface area (Å²) >= 11 is 0. The maximum Gasteiger partial charge on any atom is 0.233 e. The van der Waals surface area contributed by atoms with E-state index in [9.17, 15) is 4.79 Å². The zero-order valence-corrected chi connectivity index (χ0v) is 7.51. The molecule has 0 rings (SSSR count). The van der Waals surface area contributed by atoms with Crippen LogP contribution in [0.1, 0.15) is 25.7 Å². The molecule has 72 valence electrons. The quantitative estimate of drug-likeness (QED) is 0.457. The van der Waals surface area contributed by atoms with Gasteiger partial charge in [0.2, 0.25) is 5.91 Å². The van der Waals surface area contributed by atoms with Crippen LogP contribution in [0.25, 0.3) is 0 Å². The normalized spacial score (nSPS) is 9.83. The fourth-order valence-corrected chi connectivity index (χ4v) is 0.923. The lowest BCUT2D eigenvalue weighted by atomic mass is 10.2. The number of carbonyl (C=O) groups excluding carboxylic acids is 1. The Morgan fingerprint density at radius 1 is 1.08 bits per heavy atom. The summed E-state index contributed by atoms with van der Waals surface area (Å²) < 4.78 is 0. The van der Waals surface area contributed by atoms with Gasteiger partial charge in [0.05, 0.1) is 6.54 Å². The van der Waals surface area contributed by atoms with E-state index in [-0.39, 0.29) is 12.5 Å². The van der Waals surface area contributed by atoms with E-state index in [1.54, 1.807) is 0 Å². The van der Waals surface area contributed by atoms with Gasteiger partial charge in [0.15, 0.2) is 0 Å². The molecule has 4 nitrogen and oxygen atoms in total. The second-order valence-electron chi connectivity index (χ2n) is 2.76. The average molecular weight is 173 g/mol. The number of rotatable bonds is 7. The summed E-state index contributed by atoms with van der Waals surface area (Å²) in [6.07, 6.45) is 4.37. The predicted octanol–water partition coefficient (Wildman–Crippen LogP) is -0.420.